The highest BCUT2D eigenvalue weighted by molar-refractivity contribution is 5.93. The first-order chi connectivity index (χ1) is 14.0. The maximum Gasteiger partial charge on any atom is 0.262 e. The molecule has 0 aliphatic carbocycles. The summed E-state index contributed by atoms with van der Waals surface area (Å²) in [5, 5.41) is 2.81. The van der Waals surface area contributed by atoms with Crippen LogP contribution in [0.25, 0.3) is 0 Å². The first kappa shape index (κ1) is 20.1. The van der Waals surface area contributed by atoms with Gasteiger partial charge in [0.25, 0.3) is 5.91 Å². The quantitative estimate of drug-likeness (QED) is 0.657. The Morgan fingerprint density at radius 2 is 1.55 bits per heavy atom. The van der Waals surface area contributed by atoms with Crippen LogP contribution < -0.4 is 15.0 Å². The van der Waals surface area contributed by atoms with Crippen LogP contribution in [-0.2, 0) is 16.0 Å². The van der Waals surface area contributed by atoms with Crippen molar-refractivity contribution < 1.29 is 14.3 Å². The summed E-state index contributed by atoms with van der Waals surface area (Å²) in [6, 6.07) is 25.0. The number of anilines is 2. The van der Waals surface area contributed by atoms with Crippen molar-refractivity contribution in [2.24, 2.45) is 0 Å². The summed E-state index contributed by atoms with van der Waals surface area (Å²) in [7, 11) is 1.71. The van der Waals surface area contributed by atoms with Gasteiger partial charge in [0.05, 0.1) is 0 Å². The predicted molar refractivity (Wildman–Crippen MR) is 115 cm³/mol. The van der Waals surface area contributed by atoms with Gasteiger partial charge in [-0.3, -0.25) is 9.59 Å². The van der Waals surface area contributed by atoms with Gasteiger partial charge in [-0.15, -0.1) is 0 Å². The number of benzene rings is 3. The standard InChI is InChI=1S/C24H24N2O3/c1-18(27)26(2)22-14-12-21(13-15-22)25-24(28)17-29-23-11-7-6-10-20(23)16-19-8-4-3-5-9-19/h3-15H,16-17H2,1-2H3,(H,25,28). The molecule has 0 aromatic heterocycles. The van der Waals surface area contributed by atoms with Crippen molar-refractivity contribution in [3.05, 3.63) is 90.0 Å². The van der Waals surface area contributed by atoms with Crippen LogP contribution in [0.1, 0.15) is 18.1 Å². The highest BCUT2D eigenvalue weighted by Gasteiger charge is 2.09. The molecule has 0 radical (unpaired) electrons. The second-order valence-electron chi connectivity index (χ2n) is 6.73. The number of para-hydroxylation sites is 1. The van der Waals surface area contributed by atoms with Crippen LogP contribution in [0.5, 0.6) is 5.75 Å². The molecule has 0 spiro atoms. The Balaban J connectivity index is 1.58. The number of nitrogens with one attached hydrogen (secondary N) is 1. The van der Waals surface area contributed by atoms with Gasteiger partial charge in [0.1, 0.15) is 5.75 Å². The number of nitrogens with zero attached hydrogens (tertiary/aromatic N) is 1. The molecule has 0 bridgehead atoms. The first-order valence-corrected chi connectivity index (χ1v) is 9.42. The lowest BCUT2D eigenvalue weighted by Crippen LogP contribution is -2.23. The zero-order valence-corrected chi connectivity index (χ0v) is 16.6. The Morgan fingerprint density at radius 3 is 2.24 bits per heavy atom. The molecule has 5 nitrogen and oxygen atoms in total. The molecular weight excluding hydrogens is 364 g/mol. The summed E-state index contributed by atoms with van der Waals surface area (Å²) < 4.78 is 5.77. The van der Waals surface area contributed by atoms with E-state index < -0.39 is 0 Å². The van der Waals surface area contributed by atoms with Gasteiger partial charge in [-0.2, -0.15) is 0 Å². The third kappa shape index (κ3) is 5.69. The smallest absolute Gasteiger partial charge is 0.262 e. The van der Waals surface area contributed by atoms with E-state index in [1.54, 1.807) is 36.2 Å². The van der Waals surface area contributed by atoms with Crippen LogP contribution in [0.2, 0.25) is 0 Å². The van der Waals surface area contributed by atoms with Gasteiger partial charge in [0.2, 0.25) is 5.91 Å². The van der Waals surface area contributed by atoms with Crippen molar-refractivity contribution >= 4 is 23.2 Å². The fourth-order valence-electron chi connectivity index (χ4n) is 2.90. The minimum absolute atomic E-state index is 0.0515. The predicted octanol–water partition coefficient (Wildman–Crippen LogP) is 4.28. The number of amides is 2. The van der Waals surface area contributed by atoms with E-state index in [0.717, 1.165) is 17.7 Å². The van der Waals surface area contributed by atoms with Crippen LogP contribution in [-0.4, -0.2) is 25.5 Å². The average Bonchev–Trinajstić information content (AvgIpc) is 2.74. The third-order valence-electron chi connectivity index (χ3n) is 4.58. The van der Waals surface area contributed by atoms with Crippen molar-refractivity contribution in [2.45, 2.75) is 13.3 Å². The van der Waals surface area contributed by atoms with Gasteiger partial charge < -0.3 is 15.0 Å². The molecule has 0 unspecified atom stereocenters. The van der Waals surface area contributed by atoms with Crippen molar-refractivity contribution in [1.29, 1.82) is 0 Å². The zero-order chi connectivity index (χ0) is 20.6. The summed E-state index contributed by atoms with van der Waals surface area (Å²) in [4.78, 5) is 25.2. The maximum absolute atomic E-state index is 12.3. The Morgan fingerprint density at radius 1 is 0.897 bits per heavy atom. The molecule has 0 aliphatic rings. The second kappa shape index (κ2) is 9.55. The Kier molecular flexibility index (Phi) is 6.63. The van der Waals surface area contributed by atoms with E-state index in [2.05, 4.69) is 17.4 Å². The van der Waals surface area contributed by atoms with Crippen LogP contribution in [0.15, 0.2) is 78.9 Å². The van der Waals surface area contributed by atoms with Crippen molar-refractivity contribution in [3.8, 4) is 5.75 Å². The highest BCUT2D eigenvalue weighted by Crippen LogP contribution is 2.22. The fraction of sp³-hybridized carbons (Fsp3) is 0.167. The van der Waals surface area contributed by atoms with E-state index in [1.807, 2.05) is 42.5 Å². The summed E-state index contributed by atoms with van der Waals surface area (Å²) in [6.07, 6.45) is 0.740. The molecule has 148 valence electrons. The van der Waals surface area contributed by atoms with E-state index in [9.17, 15) is 9.59 Å². The van der Waals surface area contributed by atoms with Gasteiger partial charge >= 0.3 is 0 Å². The van der Waals surface area contributed by atoms with E-state index >= 15 is 0 Å². The van der Waals surface area contributed by atoms with E-state index in [-0.39, 0.29) is 18.4 Å². The van der Waals surface area contributed by atoms with Crippen molar-refractivity contribution in [2.75, 3.05) is 23.9 Å². The van der Waals surface area contributed by atoms with E-state index in [0.29, 0.717) is 11.4 Å². The van der Waals surface area contributed by atoms with Crippen molar-refractivity contribution in [3.63, 3.8) is 0 Å². The van der Waals surface area contributed by atoms with Crippen LogP contribution in [0.4, 0.5) is 11.4 Å². The summed E-state index contributed by atoms with van der Waals surface area (Å²) >= 11 is 0. The van der Waals surface area contributed by atoms with Crippen LogP contribution >= 0.6 is 0 Å². The molecule has 0 fully saturated rings. The third-order valence-corrected chi connectivity index (χ3v) is 4.58. The lowest BCUT2D eigenvalue weighted by Gasteiger charge is -2.15. The molecule has 0 aliphatic heterocycles. The molecule has 0 saturated heterocycles. The van der Waals surface area contributed by atoms with Crippen LogP contribution in [0, 0.1) is 0 Å². The lowest BCUT2D eigenvalue weighted by atomic mass is 10.0. The minimum atomic E-state index is -0.243. The maximum atomic E-state index is 12.3. The summed E-state index contributed by atoms with van der Waals surface area (Å²) in [5.41, 5.74) is 3.63. The Bertz CT molecular complexity index is 969. The van der Waals surface area contributed by atoms with Crippen LogP contribution in [0.3, 0.4) is 0 Å². The molecule has 0 atom stereocenters. The lowest BCUT2D eigenvalue weighted by molar-refractivity contribution is -0.118. The molecule has 3 aromatic carbocycles. The van der Waals surface area contributed by atoms with Gasteiger partial charge in [0.15, 0.2) is 6.61 Å². The minimum Gasteiger partial charge on any atom is -0.483 e. The second-order valence-corrected chi connectivity index (χ2v) is 6.73. The zero-order valence-electron chi connectivity index (χ0n) is 16.6. The highest BCUT2D eigenvalue weighted by atomic mass is 16.5. The summed E-state index contributed by atoms with van der Waals surface area (Å²) in [5.74, 6) is 0.404. The van der Waals surface area contributed by atoms with Gasteiger partial charge in [-0.1, -0.05) is 48.5 Å². The number of hydrogen-bond donors (Lipinski definition) is 1. The Hall–Kier alpha value is -3.60. The Labute approximate surface area is 170 Å². The monoisotopic (exact) mass is 388 g/mol. The first-order valence-electron chi connectivity index (χ1n) is 9.42. The van der Waals surface area contributed by atoms with Gasteiger partial charge in [-0.25, -0.2) is 0 Å². The largest absolute Gasteiger partial charge is 0.483 e. The SMILES string of the molecule is CC(=O)N(C)c1ccc(NC(=O)COc2ccccc2Cc2ccccc2)cc1. The molecule has 0 saturated carbocycles. The number of hydrogen-bond acceptors (Lipinski definition) is 3. The summed E-state index contributed by atoms with van der Waals surface area (Å²) in [6.45, 7) is 1.42. The molecule has 5 heteroatoms. The average molecular weight is 388 g/mol. The number of ether oxygens (including phenoxy) is 1. The van der Waals surface area contributed by atoms with Crippen molar-refractivity contribution in [1.82, 2.24) is 0 Å². The molecule has 0 heterocycles. The number of carbonyl (C=O) groups excluding carboxylic acids is 2. The number of rotatable bonds is 7. The van der Waals surface area contributed by atoms with E-state index in [4.69, 9.17) is 4.74 Å². The molecular formula is C24H24N2O3. The molecule has 1 N–H and O–H groups in total. The van der Waals surface area contributed by atoms with E-state index in [1.165, 1.54) is 12.5 Å². The topological polar surface area (TPSA) is 58.6 Å². The fourth-order valence-corrected chi connectivity index (χ4v) is 2.90. The van der Waals surface area contributed by atoms with Gasteiger partial charge in [0, 0.05) is 31.8 Å². The molecule has 29 heavy (non-hydrogen) atoms. The number of carbonyl (C=O) groups is 2. The molecule has 2 amide bonds. The molecule has 3 aromatic rings. The van der Waals surface area contributed by atoms with Gasteiger partial charge in [-0.05, 0) is 41.5 Å². The normalized spacial score (nSPS) is 10.3. The molecule has 3 rings (SSSR count).